The van der Waals surface area contributed by atoms with Gasteiger partial charge >= 0.3 is 5.97 Å². The summed E-state index contributed by atoms with van der Waals surface area (Å²) in [6.45, 7) is 4.69. The molecule has 3 amide bonds. The molecule has 184 valence electrons. The molecule has 32 heavy (non-hydrogen) atoms. The Morgan fingerprint density at radius 1 is 0.938 bits per heavy atom. The molecule has 1 saturated heterocycles. The predicted molar refractivity (Wildman–Crippen MR) is 130 cm³/mol. The zero-order chi connectivity index (χ0) is 24.1. The summed E-state index contributed by atoms with van der Waals surface area (Å²) >= 11 is 3.03. The summed E-state index contributed by atoms with van der Waals surface area (Å²) < 4.78 is 0. The second kappa shape index (κ2) is 15.4. The van der Waals surface area contributed by atoms with Crippen LogP contribution in [0.15, 0.2) is 0 Å². The van der Waals surface area contributed by atoms with Gasteiger partial charge in [0, 0.05) is 0 Å². The molecule has 0 bridgehead atoms. The first kappa shape index (κ1) is 28.6. The lowest BCUT2D eigenvalue weighted by Crippen LogP contribution is -2.57. The van der Waals surface area contributed by atoms with Gasteiger partial charge < -0.3 is 26.4 Å². The first-order valence-corrected chi connectivity index (χ1v) is 13.8. The Kier molecular flexibility index (Phi) is 13.7. The molecule has 1 rings (SSSR count). The van der Waals surface area contributed by atoms with E-state index in [0.29, 0.717) is 30.8 Å². The van der Waals surface area contributed by atoms with Crippen molar-refractivity contribution < 1.29 is 24.3 Å². The van der Waals surface area contributed by atoms with Crippen molar-refractivity contribution in [2.75, 3.05) is 30.6 Å². The summed E-state index contributed by atoms with van der Waals surface area (Å²) in [5.41, 5.74) is 0. The maximum Gasteiger partial charge on any atom is 0.326 e. The molecule has 1 fully saturated rings. The third kappa shape index (κ3) is 10.4. The lowest BCUT2D eigenvalue weighted by atomic mass is 10.0. The average Bonchev–Trinajstić information content (AvgIpc) is 3.27. The van der Waals surface area contributed by atoms with Crippen LogP contribution < -0.4 is 21.3 Å². The van der Waals surface area contributed by atoms with Crippen molar-refractivity contribution in [2.24, 2.45) is 5.92 Å². The molecule has 0 aromatic carbocycles. The second-order valence-corrected chi connectivity index (χ2v) is 10.3. The third-order valence-corrected chi connectivity index (χ3v) is 6.47. The Morgan fingerprint density at radius 3 is 2.00 bits per heavy atom. The minimum Gasteiger partial charge on any atom is -0.480 e. The van der Waals surface area contributed by atoms with Gasteiger partial charge in [-0.1, -0.05) is 13.8 Å². The molecular formula is C21H38N4O5S2. The molecule has 0 aliphatic carbocycles. The number of carboxylic acids is 1. The van der Waals surface area contributed by atoms with E-state index < -0.39 is 35.9 Å². The van der Waals surface area contributed by atoms with E-state index >= 15 is 0 Å². The summed E-state index contributed by atoms with van der Waals surface area (Å²) in [5.74, 6) is -0.891. The number of aliphatic carboxylic acids is 1. The van der Waals surface area contributed by atoms with Crippen LogP contribution >= 0.6 is 23.5 Å². The zero-order valence-electron chi connectivity index (χ0n) is 19.4. The average molecular weight is 491 g/mol. The number of thioether (sulfide) groups is 2. The van der Waals surface area contributed by atoms with Crippen molar-refractivity contribution in [2.45, 2.75) is 70.1 Å². The van der Waals surface area contributed by atoms with Gasteiger partial charge in [-0.2, -0.15) is 23.5 Å². The smallest absolute Gasteiger partial charge is 0.326 e. The van der Waals surface area contributed by atoms with E-state index in [4.69, 9.17) is 0 Å². The monoisotopic (exact) mass is 490 g/mol. The molecule has 0 aromatic rings. The lowest BCUT2D eigenvalue weighted by Gasteiger charge is -2.26. The van der Waals surface area contributed by atoms with E-state index in [1.807, 2.05) is 26.4 Å². The van der Waals surface area contributed by atoms with E-state index in [9.17, 15) is 24.3 Å². The Labute approximate surface area is 199 Å². The molecule has 0 spiro atoms. The van der Waals surface area contributed by atoms with Crippen LogP contribution in [0.2, 0.25) is 0 Å². The normalized spacial score (nSPS) is 18.6. The fraction of sp³-hybridized carbons (Fsp3) is 0.810. The minimum absolute atomic E-state index is 0.156. The molecule has 1 aliphatic heterocycles. The summed E-state index contributed by atoms with van der Waals surface area (Å²) in [6, 6.07) is -2.95. The van der Waals surface area contributed by atoms with Crippen molar-refractivity contribution in [1.82, 2.24) is 21.3 Å². The SMILES string of the molecule is CSCCC(NC(=O)C(CCSC)NC(=O)C(CC(C)C)NC(=O)C1CCCN1)C(=O)O. The summed E-state index contributed by atoms with van der Waals surface area (Å²) in [7, 11) is 0. The van der Waals surface area contributed by atoms with Crippen LogP contribution in [0.3, 0.4) is 0 Å². The zero-order valence-corrected chi connectivity index (χ0v) is 21.1. The van der Waals surface area contributed by atoms with Crippen LogP contribution in [0.1, 0.15) is 46.0 Å². The van der Waals surface area contributed by atoms with E-state index in [1.54, 1.807) is 0 Å². The standard InChI is InChI=1S/C21H38N4O5S2/c1-13(2)12-17(25-18(26)14-6-5-9-22-14)20(28)23-15(7-10-31-3)19(27)24-16(21(29)30)8-11-32-4/h13-17,22H,5-12H2,1-4H3,(H,23,28)(H,24,27)(H,25,26)(H,29,30). The number of rotatable bonds is 15. The van der Waals surface area contributed by atoms with E-state index in [2.05, 4.69) is 21.3 Å². The molecule has 4 atom stereocenters. The van der Waals surface area contributed by atoms with Gasteiger partial charge in [0.2, 0.25) is 17.7 Å². The Hall–Kier alpha value is -1.46. The molecule has 1 heterocycles. The van der Waals surface area contributed by atoms with Gasteiger partial charge in [-0.25, -0.2) is 4.79 Å². The minimum atomic E-state index is -1.10. The molecular weight excluding hydrogens is 452 g/mol. The molecule has 0 saturated carbocycles. The van der Waals surface area contributed by atoms with Crippen LogP contribution in [0.25, 0.3) is 0 Å². The van der Waals surface area contributed by atoms with Gasteiger partial charge in [0.15, 0.2) is 0 Å². The maximum absolute atomic E-state index is 13.0. The van der Waals surface area contributed by atoms with Gasteiger partial charge in [0.25, 0.3) is 0 Å². The number of amides is 3. The molecule has 4 unspecified atom stereocenters. The highest BCUT2D eigenvalue weighted by Gasteiger charge is 2.31. The molecule has 5 N–H and O–H groups in total. The summed E-state index contributed by atoms with van der Waals surface area (Å²) in [6.07, 6.45) is 6.50. The van der Waals surface area contributed by atoms with Gasteiger partial charge in [0.1, 0.15) is 18.1 Å². The topological polar surface area (TPSA) is 137 Å². The van der Waals surface area contributed by atoms with Gasteiger partial charge in [-0.3, -0.25) is 14.4 Å². The van der Waals surface area contributed by atoms with Crippen LogP contribution in [-0.4, -0.2) is 83.5 Å². The number of hydrogen-bond acceptors (Lipinski definition) is 7. The number of nitrogens with one attached hydrogen (secondary N) is 4. The Morgan fingerprint density at radius 2 is 1.50 bits per heavy atom. The van der Waals surface area contributed by atoms with Crippen LogP contribution in [-0.2, 0) is 19.2 Å². The number of carbonyl (C=O) groups is 4. The molecule has 11 heteroatoms. The predicted octanol–water partition coefficient (Wildman–Crippen LogP) is 0.830. The van der Waals surface area contributed by atoms with Crippen LogP contribution in [0.4, 0.5) is 0 Å². The van der Waals surface area contributed by atoms with Crippen molar-refractivity contribution in [3.63, 3.8) is 0 Å². The molecule has 0 radical (unpaired) electrons. The number of hydrogen-bond donors (Lipinski definition) is 5. The van der Waals surface area contributed by atoms with Crippen molar-refractivity contribution in [3.8, 4) is 0 Å². The number of carboxylic acid groups (broad SMARTS) is 1. The highest BCUT2D eigenvalue weighted by molar-refractivity contribution is 7.98. The largest absolute Gasteiger partial charge is 0.480 e. The Balaban J connectivity index is 2.86. The molecule has 1 aliphatic rings. The van der Waals surface area contributed by atoms with Gasteiger partial charge in [0.05, 0.1) is 6.04 Å². The van der Waals surface area contributed by atoms with E-state index in [-0.39, 0.29) is 17.9 Å². The first-order chi connectivity index (χ1) is 15.2. The Bertz CT molecular complexity index is 629. The second-order valence-electron chi connectivity index (χ2n) is 8.36. The third-order valence-electron chi connectivity index (χ3n) is 5.19. The van der Waals surface area contributed by atoms with E-state index in [1.165, 1.54) is 23.5 Å². The molecule has 9 nitrogen and oxygen atoms in total. The first-order valence-electron chi connectivity index (χ1n) is 11.0. The highest BCUT2D eigenvalue weighted by Crippen LogP contribution is 2.10. The van der Waals surface area contributed by atoms with Crippen molar-refractivity contribution in [3.05, 3.63) is 0 Å². The fourth-order valence-electron chi connectivity index (χ4n) is 3.43. The lowest BCUT2D eigenvalue weighted by molar-refractivity contribution is -0.142. The summed E-state index contributed by atoms with van der Waals surface area (Å²) in [5, 5.41) is 20.7. The quantitative estimate of drug-likeness (QED) is 0.228. The van der Waals surface area contributed by atoms with Crippen LogP contribution in [0, 0.1) is 5.92 Å². The van der Waals surface area contributed by atoms with Crippen LogP contribution in [0.5, 0.6) is 0 Å². The van der Waals surface area contributed by atoms with Crippen molar-refractivity contribution >= 4 is 47.2 Å². The molecule has 0 aromatic heterocycles. The highest BCUT2D eigenvalue weighted by atomic mass is 32.2. The van der Waals surface area contributed by atoms with Gasteiger partial charge in [-0.05, 0) is 68.6 Å². The summed E-state index contributed by atoms with van der Waals surface area (Å²) in [4.78, 5) is 49.9. The number of carbonyl (C=O) groups excluding carboxylic acids is 3. The maximum atomic E-state index is 13.0. The fourth-order valence-corrected chi connectivity index (χ4v) is 4.37. The van der Waals surface area contributed by atoms with Gasteiger partial charge in [-0.15, -0.1) is 0 Å². The van der Waals surface area contributed by atoms with E-state index in [0.717, 1.165) is 19.4 Å². The van der Waals surface area contributed by atoms with Crippen molar-refractivity contribution in [1.29, 1.82) is 0 Å².